The highest BCUT2D eigenvalue weighted by atomic mass is 28.4. The van der Waals surface area contributed by atoms with Crippen LogP contribution in [0.3, 0.4) is 0 Å². The predicted molar refractivity (Wildman–Crippen MR) is 79.9 cm³/mol. The number of epoxide rings is 1. The minimum Gasteiger partial charge on any atom is -0.452 e. The molecule has 2 aliphatic heterocycles. The molecule has 2 rings (SSSR count). The van der Waals surface area contributed by atoms with E-state index in [0.717, 1.165) is 13.0 Å². The van der Waals surface area contributed by atoms with Gasteiger partial charge in [-0.2, -0.15) is 0 Å². The van der Waals surface area contributed by atoms with Crippen molar-refractivity contribution in [3.63, 3.8) is 0 Å². The van der Waals surface area contributed by atoms with E-state index in [4.69, 9.17) is 18.3 Å². The van der Waals surface area contributed by atoms with Crippen LogP contribution in [0.4, 0.5) is 0 Å². The molecular formula is C13H28O4Si2. The first-order valence-corrected chi connectivity index (χ1v) is 13.4. The Morgan fingerprint density at radius 2 is 1.84 bits per heavy atom. The standard InChI is InChI=1S/C13H28O4Si2/c1-7-10-18(3,4)17-19(5,6)13(11(2)15-13)16-12-8-9-14-12/h11-12H,7-10H2,1-6H3. The average Bonchev–Trinajstić information content (AvgIpc) is 2.83. The summed E-state index contributed by atoms with van der Waals surface area (Å²) in [7, 11) is -3.68. The fourth-order valence-corrected chi connectivity index (χ4v) is 12.6. The maximum Gasteiger partial charge on any atom is 0.244 e. The van der Waals surface area contributed by atoms with E-state index in [1.165, 1.54) is 12.5 Å². The molecule has 0 aromatic heterocycles. The molecule has 3 atom stereocenters. The van der Waals surface area contributed by atoms with Crippen LogP contribution in [0.2, 0.25) is 32.2 Å². The van der Waals surface area contributed by atoms with Gasteiger partial charge in [-0.15, -0.1) is 0 Å². The van der Waals surface area contributed by atoms with Gasteiger partial charge in [0.25, 0.3) is 0 Å². The highest BCUT2D eigenvalue weighted by molar-refractivity contribution is 6.86. The van der Waals surface area contributed by atoms with Gasteiger partial charge in [0.1, 0.15) is 6.10 Å². The molecule has 0 aromatic rings. The van der Waals surface area contributed by atoms with Gasteiger partial charge < -0.3 is 18.3 Å². The molecule has 4 nitrogen and oxygen atoms in total. The molecule has 2 heterocycles. The molecule has 0 radical (unpaired) electrons. The molecule has 2 saturated heterocycles. The lowest BCUT2D eigenvalue weighted by Crippen LogP contribution is -2.58. The second-order valence-electron chi connectivity index (χ2n) is 6.76. The Morgan fingerprint density at radius 3 is 2.21 bits per heavy atom. The first kappa shape index (κ1) is 15.7. The lowest BCUT2D eigenvalue weighted by molar-refractivity contribution is -0.247. The van der Waals surface area contributed by atoms with E-state index < -0.39 is 22.0 Å². The van der Waals surface area contributed by atoms with E-state index in [1.54, 1.807) is 0 Å². The maximum absolute atomic E-state index is 6.61. The zero-order chi connectivity index (χ0) is 14.3. The lowest BCUT2D eigenvalue weighted by atomic mass is 10.3. The van der Waals surface area contributed by atoms with Crippen LogP contribution in [0, 0.1) is 0 Å². The van der Waals surface area contributed by atoms with Crippen LogP contribution in [-0.4, -0.2) is 41.0 Å². The van der Waals surface area contributed by atoms with Crippen LogP contribution in [-0.2, 0) is 18.3 Å². The minimum absolute atomic E-state index is 0.0868. The highest BCUT2D eigenvalue weighted by Crippen LogP contribution is 2.48. The number of rotatable bonds is 7. The van der Waals surface area contributed by atoms with Gasteiger partial charge in [-0.05, 0) is 39.2 Å². The normalized spacial score (nSPS) is 35.1. The van der Waals surface area contributed by atoms with Crippen LogP contribution in [0.25, 0.3) is 0 Å². The van der Waals surface area contributed by atoms with Gasteiger partial charge in [-0.25, -0.2) is 0 Å². The third kappa shape index (κ3) is 3.14. The van der Waals surface area contributed by atoms with Gasteiger partial charge in [-0.3, -0.25) is 0 Å². The summed E-state index contributed by atoms with van der Waals surface area (Å²) in [6.07, 6.45) is 2.19. The van der Waals surface area contributed by atoms with E-state index in [9.17, 15) is 0 Å². The van der Waals surface area contributed by atoms with Crippen molar-refractivity contribution in [3.05, 3.63) is 0 Å². The SMILES string of the molecule is CCC[Si](C)(C)O[Si](C)(C)C1(OC2CCO2)OC1C. The van der Waals surface area contributed by atoms with Gasteiger partial charge in [0.15, 0.2) is 14.6 Å². The quantitative estimate of drug-likeness (QED) is 0.535. The van der Waals surface area contributed by atoms with Crippen molar-refractivity contribution in [2.45, 2.75) is 76.7 Å². The van der Waals surface area contributed by atoms with Gasteiger partial charge in [0.05, 0.1) is 6.61 Å². The number of ether oxygens (including phenoxy) is 3. The molecule has 0 saturated carbocycles. The van der Waals surface area contributed by atoms with Crippen molar-refractivity contribution in [1.29, 1.82) is 0 Å². The minimum atomic E-state index is -2.06. The van der Waals surface area contributed by atoms with Crippen molar-refractivity contribution in [3.8, 4) is 0 Å². The predicted octanol–water partition coefficient (Wildman–Crippen LogP) is 3.24. The molecule has 112 valence electrons. The Hall–Kier alpha value is 0.274. The van der Waals surface area contributed by atoms with Crippen LogP contribution in [0.5, 0.6) is 0 Å². The van der Waals surface area contributed by atoms with Crippen molar-refractivity contribution in [2.24, 2.45) is 0 Å². The van der Waals surface area contributed by atoms with Crippen LogP contribution < -0.4 is 0 Å². The van der Waals surface area contributed by atoms with Crippen molar-refractivity contribution in [1.82, 2.24) is 0 Å². The fourth-order valence-electron chi connectivity index (χ4n) is 3.04. The summed E-state index contributed by atoms with van der Waals surface area (Å²) in [6.45, 7) is 14.1. The smallest absolute Gasteiger partial charge is 0.244 e. The van der Waals surface area contributed by atoms with Crippen molar-refractivity contribution >= 4 is 16.6 Å². The van der Waals surface area contributed by atoms with Crippen molar-refractivity contribution < 1.29 is 18.3 Å². The lowest BCUT2D eigenvalue weighted by Gasteiger charge is -2.40. The molecule has 2 fully saturated rings. The van der Waals surface area contributed by atoms with Crippen molar-refractivity contribution in [2.75, 3.05) is 6.61 Å². The van der Waals surface area contributed by atoms with E-state index in [2.05, 4.69) is 40.0 Å². The Bertz CT molecular complexity index is 331. The average molecular weight is 305 g/mol. The third-order valence-corrected chi connectivity index (χ3v) is 12.3. The zero-order valence-corrected chi connectivity index (χ0v) is 15.1. The first-order valence-electron chi connectivity index (χ1n) is 7.40. The molecular weight excluding hydrogens is 276 g/mol. The summed E-state index contributed by atoms with van der Waals surface area (Å²) in [5.74, 6) is 0. The molecule has 0 bridgehead atoms. The summed E-state index contributed by atoms with van der Waals surface area (Å²) in [5, 5.41) is 0. The maximum atomic E-state index is 6.61. The molecule has 0 spiro atoms. The molecule has 19 heavy (non-hydrogen) atoms. The van der Waals surface area contributed by atoms with Crippen LogP contribution in [0.15, 0.2) is 0 Å². The zero-order valence-electron chi connectivity index (χ0n) is 13.1. The van der Waals surface area contributed by atoms with Gasteiger partial charge in [0, 0.05) is 6.42 Å². The highest BCUT2D eigenvalue weighted by Gasteiger charge is 2.69. The summed E-state index contributed by atoms with van der Waals surface area (Å²) in [6, 6.07) is 1.19. The van der Waals surface area contributed by atoms with Gasteiger partial charge >= 0.3 is 0 Å². The second-order valence-corrected chi connectivity index (χ2v) is 15.3. The molecule has 0 aliphatic carbocycles. The first-order chi connectivity index (χ1) is 8.72. The molecule has 2 aliphatic rings. The topological polar surface area (TPSA) is 40.2 Å². The number of hydrogen-bond acceptors (Lipinski definition) is 4. The summed E-state index contributed by atoms with van der Waals surface area (Å²) in [5.41, 5.74) is -0.490. The molecule has 0 aromatic carbocycles. The molecule has 3 unspecified atom stereocenters. The van der Waals surface area contributed by atoms with Crippen LogP contribution >= 0.6 is 0 Å². The van der Waals surface area contributed by atoms with Gasteiger partial charge in [-0.1, -0.05) is 13.3 Å². The molecule has 0 N–H and O–H groups in total. The fraction of sp³-hybridized carbons (Fsp3) is 1.00. The van der Waals surface area contributed by atoms with E-state index in [-0.39, 0.29) is 12.4 Å². The van der Waals surface area contributed by atoms with Gasteiger partial charge in [0.2, 0.25) is 13.7 Å². The van der Waals surface area contributed by atoms with E-state index in [0.29, 0.717) is 0 Å². The Kier molecular flexibility index (Phi) is 4.31. The summed E-state index contributed by atoms with van der Waals surface area (Å²) < 4.78 is 24.0. The molecule has 0 amide bonds. The largest absolute Gasteiger partial charge is 0.452 e. The second kappa shape index (κ2) is 5.23. The van der Waals surface area contributed by atoms with E-state index >= 15 is 0 Å². The van der Waals surface area contributed by atoms with Crippen LogP contribution in [0.1, 0.15) is 26.7 Å². The molecule has 6 heteroatoms. The monoisotopic (exact) mass is 304 g/mol. The Balaban J connectivity index is 2.03. The Labute approximate surface area is 119 Å². The Morgan fingerprint density at radius 1 is 1.26 bits per heavy atom. The number of hydrogen-bond donors (Lipinski definition) is 0. The summed E-state index contributed by atoms with van der Waals surface area (Å²) in [4.78, 5) is 0. The van der Waals surface area contributed by atoms with E-state index in [1.807, 2.05) is 0 Å². The third-order valence-electron chi connectivity index (χ3n) is 4.02. The summed E-state index contributed by atoms with van der Waals surface area (Å²) >= 11 is 0.